The van der Waals surface area contributed by atoms with Gasteiger partial charge in [-0.15, -0.1) is 12.6 Å². The predicted molar refractivity (Wildman–Crippen MR) is 63.4 cm³/mol. The van der Waals surface area contributed by atoms with Gasteiger partial charge in [0.05, 0.1) is 6.42 Å². The summed E-state index contributed by atoms with van der Waals surface area (Å²) in [5, 5.41) is 8.79. The molecule has 0 aliphatic heterocycles. The zero-order valence-corrected chi connectivity index (χ0v) is 9.71. The van der Waals surface area contributed by atoms with Gasteiger partial charge < -0.3 is 10.8 Å². The SMILES string of the molecule is CC(C)(CC(=O)O)c1ccc(N)c(S)c1. The van der Waals surface area contributed by atoms with Gasteiger partial charge in [0.2, 0.25) is 0 Å². The number of thiol groups is 1. The van der Waals surface area contributed by atoms with Crippen molar-refractivity contribution in [3.8, 4) is 0 Å². The molecule has 3 nitrogen and oxygen atoms in total. The molecule has 0 aromatic heterocycles. The Morgan fingerprint density at radius 3 is 2.60 bits per heavy atom. The van der Waals surface area contributed by atoms with Gasteiger partial charge in [0.1, 0.15) is 0 Å². The molecule has 0 bridgehead atoms. The van der Waals surface area contributed by atoms with Crippen molar-refractivity contribution < 1.29 is 9.90 Å². The lowest BCUT2D eigenvalue weighted by Crippen LogP contribution is -2.21. The molecule has 0 saturated carbocycles. The average molecular weight is 225 g/mol. The maximum Gasteiger partial charge on any atom is 0.304 e. The van der Waals surface area contributed by atoms with Gasteiger partial charge in [-0.3, -0.25) is 4.79 Å². The lowest BCUT2D eigenvalue weighted by Gasteiger charge is -2.23. The predicted octanol–water partition coefficient (Wildman–Crippen LogP) is 2.31. The van der Waals surface area contributed by atoms with Gasteiger partial charge in [-0.1, -0.05) is 19.9 Å². The van der Waals surface area contributed by atoms with Crippen LogP contribution in [0.1, 0.15) is 25.8 Å². The highest BCUT2D eigenvalue weighted by atomic mass is 32.1. The van der Waals surface area contributed by atoms with Crippen molar-refractivity contribution in [2.45, 2.75) is 30.6 Å². The highest BCUT2D eigenvalue weighted by molar-refractivity contribution is 7.80. The van der Waals surface area contributed by atoms with Crippen molar-refractivity contribution >= 4 is 24.3 Å². The molecule has 0 aliphatic rings. The average Bonchev–Trinajstić information content (AvgIpc) is 2.07. The highest BCUT2D eigenvalue weighted by Gasteiger charge is 2.24. The second kappa shape index (κ2) is 4.14. The number of carbonyl (C=O) groups is 1. The van der Waals surface area contributed by atoms with Crippen LogP contribution in [0.3, 0.4) is 0 Å². The smallest absolute Gasteiger partial charge is 0.304 e. The first kappa shape index (κ1) is 11.9. The maximum atomic E-state index is 10.7. The van der Waals surface area contributed by atoms with E-state index < -0.39 is 11.4 Å². The van der Waals surface area contributed by atoms with Crippen LogP contribution in [0.25, 0.3) is 0 Å². The molecule has 0 aliphatic carbocycles. The standard InChI is InChI=1S/C11H15NO2S/c1-11(2,6-10(13)14)7-3-4-8(12)9(15)5-7/h3-5,15H,6,12H2,1-2H3,(H,13,14). The summed E-state index contributed by atoms with van der Waals surface area (Å²) in [4.78, 5) is 11.4. The minimum atomic E-state index is -0.808. The van der Waals surface area contributed by atoms with Crippen LogP contribution < -0.4 is 5.73 Å². The Hall–Kier alpha value is -1.16. The first-order chi connectivity index (χ1) is 6.83. The molecule has 0 saturated heterocycles. The number of anilines is 1. The second-order valence-corrected chi connectivity index (χ2v) is 4.71. The lowest BCUT2D eigenvalue weighted by atomic mass is 9.81. The topological polar surface area (TPSA) is 63.3 Å². The number of carboxylic acid groups (broad SMARTS) is 1. The van der Waals surface area contributed by atoms with Gasteiger partial charge in [-0.05, 0) is 17.7 Å². The van der Waals surface area contributed by atoms with Crippen molar-refractivity contribution in [2.75, 3.05) is 5.73 Å². The molecule has 0 fully saturated rings. The van der Waals surface area contributed by atoms with Crippen LogP contribution in [0.2, 0.25) is 0 Å². The van der Waals surface area contributed by atoms with E-state index in [9.17, 15) is 4.79 Å². The summed E-state index contributed by atoms with van der Waals surface area (Å²) in [5.74, 6) is -0.808. The quantitative estimate of drug-likeness (QED) is 0.546. The molecule has 0 radical (unpaired) electrons. The van der Waals surface area contributed by atoms with E-state index in [0.717, 1.165) is 5.56 Å². The molecule has 1 aromatic rings. The van der Waals surface area contributed by atoms with E-state index in [1.807, 2.05) is 26.0 Å². The van der Waals surface area contributed by atoms with E-state index in [1.54, 1.807) is 6.07 Å². The number of carboxylic acids is 1. The summed E-state index contributed by atoms with van der Waals surface area (Å²) in [7, 11) is 0. The minimum Gasteiger partial charge on any atom is -0.481 e. The van der Waals surface area contributed by atoms with Crippen molar-refractivity contribution in [1.29, 1.82) is 0 Å². The third-order valence-electron chi connectivity index (χ3n) is 2.41. The molecule has 3 N–H and O–H groups in total. The molecule has 0 amide bonds. The van der Waals surface area contributed by atoms with Gasteiger partial charge >= 0.3 is 5.97 Å². The number of aliphatic carboxylic acids is 1. The van der Waals surface area contributed by atoms with Crippen LogP contribution in [-0.2, 0) is 10.2 Å². The fraction of sp³-hybridized carbons (Fsp3) is 0.364. The molecule has 0 heterocycles. The van der Waals surface area contributed by atoms with Crippen molar-refractivity contribution in [1.82, 2.24) is 0 Å². The van der Waals surface area contributed by atoms with Crippen molar-refractivity contribution in [3.05, 3.63) is 23.8 Å². The Labute approximate surface area is 94.7 Å². The molecule has 0 spiro atoms. The monoisotopic (exact) mass is 225 g/mol. The van der Waals surface area contributed by atoms with Gasteiger partial charge in [0, 0.05) is 16.0 Å². The van der Waals surface area contributed by atoms with Crippen LogP contribution in [0.4, 0.5) is 5.69 Å². The molecule has 1 aromatic carbocycles. The fourth-order valence-electron chi connectivity index (χ4n) is 1.44. The van der Waals surface area contributed by atoms with E-state index in [2.05, 4.69) is 12.6 Å². The minimum absolute atomic E-state index is 0.0874. The summed E-state index contributed by atoms with van der Waals surface area (Å²) in [6.45, 7) is 3.78. The van der Waals surface area contributed by atoms with Crippen LogP contribution >= 0.6 is 12.6 Å². The number of benzene rings is 1. The molecule has 15 heavy (non-hydrogen) atoms. The number of nitrogens with two attached hydrogens (primary N) is 1. The fourth-order valence-corrected chi connectivity index (χ4v) is 1.66. The van der Waals surface area contributed by atoms with E-state index in [-0.39, 0.29) is 6.42 Å². The Bertz CT molecular complexity index is 388. The molecule has 4 heteroatoms. The Morgan fingerprint density at radius 2 is 2.13 bits per heavy atom. The normalized spacial score (nSPS) is 11.4. The third-order valence-corrected chi connectivity index (χ3v) is 2.79. The van der Waals surface area contributed by atoms with E-state index in [1.165, 1.54) is 0 Å². The van der Waals surface area contributed by atoms with Gasteiger partial charge in [-0.2, -0.15) is 0 Å². The lowest BCUT2D eigenvalue weighted by molar-refractivity contribution is -0.138. The largest absolute Gasteiger partial charge is 0.481 e. The van der Waals surface area contributed by atoms with Crippen LogP contribution in [0.5, 0.6) is 0 Å². The first-order valence-electron chi connectivity index (χ1n) is 4.64. The Morgan fingerprint density at radius 1 is 1.53 bits per heavy atom. The second-order valence-electron chi connectivity index (χ2n) is 4.23. The van der Waals surface area contributed by atoms with Gasteiger partial charge in [-0.25, -0.2) is 0 Å². The van der Waals surface area contributed by atoms with Gasteiger partial charge in [0.15, 0.2) is 0 Å². The zero-order valence-electron chi connectivity index (χ0n) is 8.82. The number of hydrogen-bond donors (Lipinski definition) is 3. The molecular formula is C11H15NO2S. The first-order valence-corrected chi connectivity index (χ1v) is 5.08. The van der Waals surface area contributed by atoms with Crippen LogP contribution in [-0.4, -0.2) is 11.1 Å². The highest BCUT2D eigenvalue weighted by Crippen LogP contribution is 2.30. The maximum absolute atomic E-state index is 10.7. The summed E-state index contributed by atoms with van der Waals surface area (Å²) in [5.41, 5.74) is 6.77. The zero-order chi connectivity index (χ0) is 11.6. The van der Waals surface area contributed by atoms with Crippen molar-refractivity contribution in [2.24, 2.45) is 0 Å². The summed E-state index contributed by atoms with van der Waals surface area (Å²) in [6, 6.07) is 5.42. The summed E-state index contributed by atoms with van der Waals surface area (Å²) < 4.78 is 0. The van der Waals surface area contributed by atoms with Crippen LogP contribution in [0.15, 0.2) is 23.1 Å². The van der Waals surface area contributed by atoms with E-state index in [4.69, 9.17) is 10.8 Å². The van der Waals surface area contributed by atoms with Gasteiger partial charge in [0.25, 0.3) is 0 Å². The molecule has 0 unspecified atom stereocenters. The van der Waals surface area contributed by atoms with Crippen molar-refractivity contribution in [3.63, 3.8) is 0 Å². The molecule has 0 atom stereocenters. The number of rotatable bonds is 3. The van der Waals surface area contributed by atoms with E-state index >= 15 is 0 Å². The summed E-state index contributed by atoms with van der Waals surface area (Å²) in [6.07, 6.45) is 0.0874. The molecular weight excluding hydrogens is 210 g/mol. The molecule has 82 valence electrons. The summed E-state index contributed by atoms with van der Waals surface area (Å²) >= 11 is 4.22. The van der Waals surface area contributed by atoms with E-state index in [0.29, 0.717) is 10.6 Å². The third kappa shape index (κ3) is 2.89. The van der Waals surface area contributed by atoms with Crippen LogP contribution in [0, 0.1) is 0 Å². The Kier molecular flexibility index (Phi) is 3.29. The Balaban J connectivity index is 3.04. The molecule has 1 rings (SSSR count). The number of nitrogen functional groups attached to an aromatic ring is 1. The number of hydrogen-bond acceptors (Lipinski definition) is 3.